The molecule has 0 radical (unpaired) electrons. The summed E-state index contributed by atoms with van der Waals surface area (Å²) >= 11 is 1.31. The molecule has 0 atom stereocenters. The van der Waals surface area contributed by atoms with Crippen molar-refractivity contribution in [2.75, 3.05) is 0 Å². The van der Waals surface area contributed by atoms with Crippen LogP contribution in [-0.2, 0) is 4.74 Å². The number of thiazole rings is 1. The molecule has 11 heavy (non-hydrogen) atoms. The molecule has 0 aliphatic carbocycles. The van der Waals surface area contributed by atoms with Crippen LogP contribution in [0.1, 0.15) is 5.69 Å². The maximum atomic E-state index is 10.1. The highest BCUT2D eigenvalue weighted by atomic mass is 32.1. The first-order chi connectivity index (χ1) is 5.20. The standard InChI is InChI=1S/C5H5N3O2S/c6-4(10-5(7)9)3-1-11-2-8-3/h1-2,6H,(H2,7,9). The van der Waals surface area contributed by atoms with Gasteiger partial charge in [0.25, 0.3) is 0 Å². The lowest BCUT2D eigenvalue weighted by atomic mass is 10.5. The molecule has 0 saturated carbocycles. The molecular weight excluding hydrogens is 166 g/mol. The third-order valence-electron chi connectivity index (χ3n) is 0.868. The summed E-state index contributed by atoms with van der Waals surface area (Å²) in [4.78, 5) is 13.9. The van der Waals surface area contributed by atoms with E-state index in [4.69, 9.17) is 5.41 Å². The maximum absolute atomic E-state index is 10.1. The van der Waals surface area contributed by atoms with Crippen molar-refractivity contribution >= 4 is 23.3 Å². The number of hydrogen-bond donors (Lipinski definition) is 2. The van der Waals surface area contributed by atoms with Crippen LogP contribution in [0.5, 0.6) is 0 Å². The SMILES string of the molecule is N=C(OC(N)=O)c1cscn1. The zero-order chi connectivity index (χ0) is 8.27. The van der Waals surface area contributed by atoms with Gasteiger partial charge in [-0.3, -0.25) is 5.41 Å². The second-order valence-electron chi connectivity index (χ2n) is 1.62. The quantitative estimate of drug-likeness (QED) is 0.478. The summed E-state index contributed by atoms with van der Waals surface area (Å²) in [7, 11) is 0. The molecule has 0 aliphatic rings. The van der Waals surface area contributed by atoms with E-state index in [0.29, 0.717) is 5.69 Å². The molecule has 6 heteroatoms. The van der Waals surface area contributed by atoms with E-state index < -0.39 is 6.09 Å². The van der Waals surface area contributed by atoms with Gasteiger partial charge in [0.2, 0.25) is 5.90 Å². The van der Waals surface area contributed by atoms with Gasteiger partial charge >= 0.3 is 6.09 Å². The Bertz CT molecular complexity index is 269. The number of ether oxygens (including phenoxy) is 1. The number of nitrogens with two attached hydrogens (primary N) is 1. The molecule has 0 spiro atoms. The largest absolute Gasteiger partial charge is 0.411 e. The first kappa shape index (κ1) is 7.67. The Morgan fingerprint density at radius 3 is 3.00 bits per heavy atom. The number of primary amides is 1. The molecule has 0 unspecified atom stereocenters. The van der Waals surface area contributed by atoms with Crippen LogP contribution in [-0.4, -0.2) is 17.0 Å². The summed E-state index contributed by atoms with van der Waals surface area (Å²) in [5, 5.41) is 8.69. The topological polar surface area (TPSA) is 89.1 Å². The van der Waals surface area contributed by atoms with E-state index in [0.717, 1.165) is 0 Å². The first-order valence-corrected chi connectivity index (χ1v) is 3.59. The van der Waals surface area contributed by atoms with Crippen molar-refractivity contribution in [3.8, 4) is 0 Å². The maximum Gasteiger partial charge on any atom is 0.411 e. The lowest BCUT2D eigenvalue weighted by molar-refractivity contribution is 0.207. The molecule has 0 aromatic carbocycles. The van der Waals surface area contributed by atoms with E-state index in [2.05, 4.69) is 15.5 Å². The van der Waals surface area contributed by atoms with Crippen molar-refractivity contribution in [1.82, 2.24) is 4.98 Å². The lowest BCUT2D eigenvalue weighted by Gasteiger charge is -1.96. The molecule has 1 aromatic rings. The number of amides is 1. The summed E-state index contributed by atoms with van der Waals surface area (Å²) in [6, 6.07) is 0. The third-order valence-corrected chi connectivity index (χ3v) is 1.45. The second-order valence-corrected chi connectivity index (χ2v) is 2.34. The van der Waals surface area contributed by atoms with Gasteiger partial charge in [0.05, 0.1) is 5.51 Å². The van der Waals surface area contributed by atoms with Gasteiger partial charge < -0.3 is 10.5 Å². The monoisotopic (exact) mass is 171 g/mol. The summed E-state index contributed by atoms with van der Waals surface area (Å²) < 4.78 is 4.26. The Morgan fingerprint density at radius 2 is 2.55 bits per heavy atom. The Hall–Kier alpha value is -1.43. The molecule has 1 heterocycles. The van der Waals surface area contributed by atoms with Gasteiger partial charge in [-0.2, -0.15) is 0 Å². The Kier molecular flexibility index (Phi) is 2.17. The molecule has 0 aliphatic heterocycles. The normalized spacial score (nSPS) is 9.09. The number of aromatic nitrogens is 1. The highest BCUT2D eigenvalue weighted by Crippen LogP contribution is 2.01. The van der Waals surface area contributed by atoms with Crippen molar-refractivity contribution in [3.63, 3.8) is 0 Å². The Balaban J connectivity index is 2.64. The fourth-order valence-electron chi connectivity index (χ4n) is 0.478. The summed E-state index contributed by atoms with van der Waals surface area (Å²) in [6.07, 6.45) is -0.997. The van der Waals surface area contributed by atoms with Crippen LogP contribution in [0.4, 0.5) is 4.79 Å². The molecule has 1 aromatic heterocycles. The molecule has 0 saturated heterocycles. The van der Waals surface area contributed by atoms with E-state index in [1.165, 1.54) is 16.8 Å². The lowest BCUT2D eigenvalue weighted by Crippen LogP contribution is -2.18. The molecule has 1 amide bonds. The zero-order valence-electron chi connectivity index (χ0n) is 5.40. The first-order valence-electron chi connectivity index (χ1n) is 2.64. The predicted molar refractivity (Wildman–Crippen MR) is 39.6 cm³/mol. The Labute approximate surface area is 66.3 Å². The minimum Gasteiger partial charge on any atom is -0.390 e. The van der Waals surface area contributed by atoms with Crippen LogP contribution in [0.3, 0.4) is 0 Å². The van der Waals surface area contributed by atoms with E-state index in [1.807, 2.05) is 0 Å². The van der Waals surface area contributed by atoms with E-state index in [9.17, 15) is 4.79 Å². The minimum atomic E-state index is -0.997. The van der Waals surface area contributed by atoms with E-state index in [1.54, 1.807) is 5.38 Å². The second kappa shape index (κ2) is 3.11. The van der Waals surface area contributed by atoms with Gasteiger partial charge in [-0.1, -0.05) is 0 Å². The van der Waals surface area contributed by atoms with Crippen molar-refractivity contribution < 1.29 is 9.53 Å². The van der Waals surface area contributed by atoms with Crippen molar-refractivity contribution in [1.29, 1.82) is 5.41 Å². The fourth-order valence-corrected chi connectivity index (χ4v) is 1.01. The van der Waals surface area contributed by atoms with Crippen LogP contribution in [0, 0.1) is 5.41 Å². The number of hydrogen-bond acceptors (Lipinski definition) is 5. The van der Waals surface area contributed by atoms with Gasteiger partial charge in [0, 0.05) is 5.38 Å². The molecular formula is C5H5N3O2S. The molecule has 58 valence electrons. The predicted octanol–water partition coefficient (Wildman–Crippen LogP) is 0.564. The van der Waals surface area contributed by atoms with Crippen molar-refractivity contribution in [2.45, 2.75) is 0 Å². The van der Waals surface area contributed by atoms with Gasteiger partial charge in [0.15, 0.2) is 0 Å². The molecule has 1 rings (SSSR count). The van der Waals surface area contributed by atoms with Crippen LogP contribution in [0.2, 0.25) is 0 Å². The van der Waals surface area contributed by atoms with Crippen LogP contribution >= 0.6 is 11.3 Å². The molecule has 3 N–H and O–H groups in total. The summed E-state index contributed by atoms with van der Waals surface area (Å²) in [5.41, 5.74) is 6.52. The summed E-state index contributed by atoms with van der Waals surface area (Å²) in [5.74, 6) is -0.321. The van der Waals surface area contributed by atoms with Crippen LogP contribution in [0.15, 0.2) is 10.9 Å². The smallest absolute Gasteiger partial charge is 0.390 e. The van der Waals surface area contributed by atoms with Gasteiger partial charge in [-0.05, 0) is 0 Å². The van der Waals surface area contributed by atoms with Gasteiger partial charge in [0.1, 0.15) is 5.69 Å². The number of carbonyl (C=O) groups is 1. The zero-order valence-corrected chi connectivity index (χ0v) is 6.22. The van der Waals surface area contributed by atoms with Gasteiger partial charge in [-0.25, -0.2) is 9.78 Å². The summed E-state index contributed by atoms with van der Waals surface area (Å²) in [6.45, 7) is 0. The average Bonchev–Trinajstić information content (AvgIpc) is 2.35. The average molecular weight is 171 g/mol. The molecule has 5 nitrogen and oxygen atoms in total. The number of nitrogens with zero attached hydrogens (tertiary/aromatic N) is 1. The van der Waals surface area contributed by atoms with E-state index in [-0.39, 0.29) is 5.90 Å². The number of carbonyl (C=O) groups excluding carboxylic acids is 1. The van der Waals surface area contributed by atoms with E-state index >= 15 is 0 Å². The van der Waals surface area contributed by atoms with Crippen LogP contribution in [0.25, 0.3) is 0 Å². The van der Waals surface area contributed by atoms with Crippen LogP contribution < -0.4 is 5.73 Å². The third kappa shape index (κ3) is 2.01. The molecule has 0 bridgehead atoms. The highest BCUT2D eigenvalue weighted by Gasteiger charge is 2.06. The molecule has 0 fully saturated rings. The fraction of sp³-hybridized carbons (Fsp3) is 0. The van der Waals surface area contributed by atoms with Crippen molar-refractivity contribution in [2.24, 2.45) is 5.73 Å². The number of rotatable bonds is 1. The van der Waals surface area contributed by atoms with Gasteiger partial charge in [-0.15, -0.1) is 11.3 Å². The number of nitrogens with one attached hydrogen (secondary N) is 1. The Morgan fingerprint density at radius 1 is 1.82 bits per heavy atom. The highest BCUT2D eigenvalue weighted by molar-refractivity contribution is 7.07. The minimum absolute atomic E-state index is 0.314. The van der Waals surface area contributed by atoms with Crippen molar-refractivity contribution in [3.05, 3.63) is 16.6 Å².